The van der Waals surface area contributed by atoms with Crippen LogP contribution in [0.1, 0.15) is 20.8 Å². The number of aliphatic hydroxyl groups excluding tert-OH is 1. The van der Waals surface area contributed by atoms with Crippen LogP contribution in [0.4, 0.5) is 0 Å². The Balaban J connectivity index is 1.93. The van der Waals surface area contributed by atoms with Gasteiger partial charge in [0.15, 0.2) is 0 Å². The van der Waals surface area contributed by atoms with Gasteiger partial charge in [-0.2, -0.15) is 0 Å². The molecule has 36 heavy (non-hydrogen) atoms. The first-order chi connectivity index (χ1) is 17.0. The third-order valence-corrected chi connectivity index (χ3v) is 5.11. The first kappa shape index (κ1) is 26.2. The van der Waals surface area contributed by atoms with Gasteiger partial charge in [0, 0.05) is 16.7 Å². The normalized spacial score (nSPS) is 11.2. The Bertz CT molecular complexity index is 1320. The molecular formula is C30H28O6. The summed E-state index contributed by atoms with van der Waals surface area (Å²) in [7, 11) is 0. The summed E-state index contributed by atoms with van der Waals surface area (Å²) in [5.74, 6) is 0.246. The van der Waals surface area contributed by atoms with Crippen LogP contribution in [0.25, 0.3) is 22.3 Å². The van der Waals surface area contributed by atoms with E-state index in [9.17, 15) is 14.7 Å². The molecule has 0 aliphatic rings. The Morgan fingerprint density at radius 1 is 0.694 bits per heavy atom. The standard InChI is InChI=1S/C30H28O6/c1-18(2)28(31)34-24-12-7-21(8-13-24)23-11-16-26(27(17-23)36-30(33)20(5)6)22-9-14-25(15-10-22)35-29(32)19(3)4/h7-17,30,33H,1,3,5H2,2,4,6H3. The number of esters is 2. The molecule has 0 saturated carbocycles. The number of hydrogen-bond acceptors (Lipinski definition) is 6. The fraction of sp³-hybridized carbons (Fsp3) is 0.133. The van der Waals surface area contributed by atoms with Crippen molar-refractivity contribution in [3.8, 4) is 39.5 Å². The molecule has 3 rings (SSSR count). The van der Waals surface area contributed by atoms with Crippen molar-refractivity contribution in [3.63, 3.8) is 0 Å². The van der Waals surface area contributed by atoms with Crippen LogP contribution in [0.15, 0.2) is 103 Å². The molecule has 0 fully saturated rings. The summed E-state index contributed by atoms with van der Waals surface area (Å²) >= 11 is 0. The predicted molar refractivity (Wildman–Crippen MR) is 140 cm³/mol. The van der Waals surface area contributed by atoms with Crippen LogP contribution in [-0.2, 0) is 9.59 Å². The summed E-state index contributed by atoms with van der Waals surface area (Å²) in [6.45, 7) is 15.7. The van der Waals surface area contributed by atoms with Crippen molar-refractivity contribution in [2.75, 3.05) is 0 Å². The third-order valence-electron chi connectivity index (χ3n) is 5.11. The molecular weight excluding hydrogens is 456 g/mol. The van der Waals surface area contributed by atoms with Gasteiger partial charge in [0.25, 0.3) is 0 Å². The summed E-state index contributed by atoms with van der Waals surface area (Å²) < 4.78 is 16.3. The molecule has 3 aromatic carbocycles. The van der Waals surface area contributed by atoms with Crippen LogP contribution in [0, 0.1) is 0 Å². The molecule has 1 atom stereocenters. The molecule has 6 nitrogen and oxygen atoms in total. The molecule has 0 heterocycles. The summed E-state index contributed by atoms with van der Waals surface area (Å²) in [6, 6.07) is 19.6. The highest BCUT2D eigenvalue weighted by Crippen LogP contribution is 2.36. The number of carbonyl (C=O) groups excluding carboxylic acids is 2. The number of hydrogen-bond donors (Lipinski definition) is 1. The number of rotatable bonds is 9. The zero-order chi connectivity index (χ0) is 26.4. The maximum Gasteiger partial charge on any atom is 0.338 e. The molecule has 0 aliphatic heterocycles. The van der Waals surface area contributed by atoms with E-state index in [0.29, 0.717) is 34.0 Å². The molecule has 0 spiro atoms. The molecule has 0 saturated heterocycles. The second kappa shape index (κ2) is 11.3. The molecule has 3 aromatic rings. The van der Waals surface area contributed by atoms with E-state index < -0.39 is 18.2 Å². The van der Waals surface area contributed by atoms with Crippen LogP contribution in [0.3, 0.4) is 0 Å². The van der Waals surface area contributed by atoms with E-state index in [1.54, 1.807) is 57.2 Å². The first-order valence-electron chi connectivity index (χ1n) is 11.2. The van der Waals surface area contributed by atoms with Gasteiger partial charge in [-0.15, -0.1) is 0 Å². The van der Waals surface area contributed by atoms with Gasteiger partial charge in [0.05, 0.1) is 0 Å². The van der Waals surface area contributed by atoms with E-state index in [-0.39, 0.29) is 0 Å². The van der Waals surface area contributed by atoms with Gasteiger partial charge in [-0.3, -0.25) is 0 Å². The summed E-state index contributed by atoms with van der Waals surface area (Å²) in [4.78, 5) is 23.5. The second-order valence-corrected chi connectivity index (χ2v) is 8.42. The predicted octanol–water partition coefficient (Wildman–Crippen LogP) is 6.26. The van der Waals surface area contributed by atoms with E-state index in [4.69, 9.17) is 14.2 Å². The topological polar surface area (TPSA) is 82.1 Å². The molecule has 6 heteroatoms. The average molecular weight is 485 g/mol. The molecule has 0 amide bonds. The van der Waals surface area contributed by atoms with Gasteiger partial charge in [0.2, 0.25) is 6.29 Å². The van der Waals surface area contributed by atoms with Gasteiger partial charge < -0.3 is 19.3 Å². The summed E-state index contributed by atoms with van der Waals surface area (Å²) in [6.07, 6.45) is -1.20. The quantitative estimate of drug-likeness (QED) is 0.127. The molecule has 1 unspecified atom stereocenters. The Morgan fingerprint density at radius 3 is 1.58 bits per heavy atom. The highest BCUT2D eigenvalue weighted by molar-refractivity contribution is 5.89. The Morgan fingerprint density at radius 2 is 1.14 bits per heavy atom. The van der Waals surface area contributed by atoms with Gasteiger partial charge in [0.1, 0.15) is 17.2 Å². The van der Waals surface area contributed by atoms with Crippen molar-refractivity contribution in [1.82, 2.24) is 0 Å². The molecule has 1 N–H and O–H groups in total. The van der Waals surface area contributed by atoms with Crippen LogP contribution in [0.5, 0.6) is 17.2 Å². The van der Waals surface area contributed by atoms with Crippen molar-refractivity contribution in [2.45, 2.75) is 27.1 Å². The van der Waals surface area contributed by atoms with Crippen molar-refractivity contribution in [1.29, 1.82) is 0 Å². The lowest BCUT2D eigenvalue weighted by Gasteiger charge is -2.18. The highest BCUT2D eigenvalue weighted by Gasteiger charge is 2.15. The van der Waals surface area contributed by atoms with Gasteiger partial charge in [-0.1, -0.05) is 56.1 Å². The minimum absolute atomic E-state index is 0.307. The van der Waals surface area contributed by atoms with Crippen LogP contribution in [0.2, 0.25) is 0 Å². The number of ether oxygens (including phenoxy) is 3. The number of carbonyl (C=O) groups is 2. The fourth-order valence-electron chi connectivity index (χ4n) is 3.07. The second-order valence-electron chi connectivity index (χ2n) is 8.42. The van der Waals surface area contributed by atoms with E-state index in [1.165, 1.54) is 0 Å². The monoisotopic (exact) mass is 484 g/mol. The number of benzene rings is 3. The zero-order valence-electron chi connectivity index (χ0n) is 20.5. The van der Waals surface area contributed by atoms with Crippen LogP contribution in [-0.4, -0.2) is 23.3 Å². The molecule has 0 bridgehead atoms. The minimum Gasteiger partial charge on any atom is -0.461 e. The fourth-order valence-corrected chi connectivity index (χ4v) is 3.07. The van der Waals surface area contributed by atoms with Crippen molar-refractivity contribution >= 4 is 11.9 Å². The Labute approximate surface area is 210 Å². The first-order valence-corrected chi connectivity index (χ1v) is 11.2. The van der Waals surface area contributed by atoms with Crippen LogP contribution < -0.4 is 14.2 Å². The maximum atomic E-state index is 11.8. The van der Waals surface area contributed by atoms with Crippen LogP contribution >= 0.6 is 0 Å². The molecule has 0 aliphatic carbocycles. The van der Waals surface area contributed by atoms with E-state index in [0.717, 1.165) is 22.3 Å². The SMILES string of the molecule is C=C(C)C(=O)Oc1ccc(-c2ccc(-c3ccc(OC(=O)C(=C)C)cc3)c(OC(O)C(=C)C)c2)cc1. The maximum absolute atomic E-state index is 11.8. The zero-order valence-corrected chi connectivity index (χ0v) is 20.5. The molecule has 0 radical (unpaired) electrons. The third kappa shape index (κ3) is 6.58. The van der Waals surface area contributed by atoms with Crippen molar-refractivity contribution in [3.05, 3.63) is 103 Å². The van der Waals surface area contributed by atoms with Crippen molar-refractivity contribution < 1.29 is 28.9 Å². The molecule has 184 valence electrons. The lowest BCUT2D eigenvalue weighted by molar-refractivity contribution is -0.130. The van der Waals surface area contributed by atoms with Gasteiger partial charge in [-0.25, -0.2) is 9.59 Å². The molecule has 0 aromatic heterocycles. The largest absolute Gasteiger partial charge is 0.461 e. The van der Waals surface area contributed by atoms with E-state index >= 15 is 0 Å². The highest BCUT2D eigenvalue weighted by atomic mass is 16.6. The number of aliphatic hydroxyl groups is 1. The van der Waals surface area contributed by atoms with Gasteiger partial charge in [-0.05, 0) is 73.4 Å². The average Bonchev–Trinajstić information content (AvgIpc) is 2.84. The van der Waals surface area contributed by atoms with E-state index in [1.807, 2.05) is 30.3 Å². The Hall–Kier alpha value is -4.42. The lowest BCUT2D eigenvalue weighted by Crippen LogP contribution is -2.16. The summed E-state index contributed by atoms with van der Waals surface area (Å²) in [5, 5.41) is 10.3. The lowest BCUT2D eigenvalue weighted by atomic mass is 9.99. The summed E-state index contributed by atoms with van der Waals surface area (Å²) in [5.41, 5.74) is 4.28. The Kier molecular flexibility index (Phi) is 8.25. The van der Waals surface area contributed by atoms with Crippen molar-refractivity contribution in [2.24, 2.45) is 0 Å². The smallest absolute Gasteiger partial charge is 0.338 e. The minimum atomic E-state index is -1.20. The van der Waals surface area contributed by atoms with E-state index in [2.05, 4.69) is 19.7 Å². The van der Waals surface area contributed by atoms with Gasteiger partial charge >= 0.3 is 11.9 Å².